The molecular weight excluding hydrogens is 196 g/mol. The van der Waals surface area contributed by atoms with Gasteiger partial charge in [-0.1, -0.05) is 23.3 Å². The fourth-order valence-electron chi connectivity index (χ4n) is 1.37. The lowest BCUT2D eigenvalue weighted by molar-refractivity contribution is 0.584. The van der Waals surface area contributed by atoms with Crippen LogP contribution in [0.15, 0.2) is 30.5 Å². The maximum atomic E-state index is 13.4. The van der Waals surface area contributed by atoms with Crippen molar-refractivity contribution in [1.29, 1.82) is 0 Å². The Labute approximate surface area is 86.4 Å². The minimum absolute atomic E-state index is 0.203. The summed E-state index contributed by atoms with van der Waals surface area (Å²) >= 11 is 0. The first-order chi connectivity index (χ1) is 7.18. The Bertz CT molecular complexity index is 495. The zero-order valence-corrected chi connectivity index (χ0v) is 8.09. The topological polar surface area (TPSA) is 12.9 Å². The molecule has 0 fully saturated rings. The van der Waals surface area contributed by atoms with Gasteiger partial charge in [0.2, 0.25) is 0 Å². The molecule has 1 aromatic carbocycles. The smallest absolute Gasteiger partial charge is 0.0408 e. The number of hydrogen-bond acceptors (Lipinski definition) is 1. The molecule has 1 heterocycles. The lowest BCUT2D eigenvalue weighted by Gasteiger charge is -2.13. The van der Waals surface area contributed by atoms with E-state index in [1.165, 1.54) is 0 Å². The number of pyridine rings is 1. The molecule has 15 heavy (non-hydrogen) atoms. The van der Waals surface area contributed by atoms with Crippen LogP contribution in [0.25, 0.3) is 11.3 Å². The summed E-state index contributed by atoms with van der Waals surface area (Å²) in [7, 11) is 0. The van der Waals surface area contributed by atoms with Crippen LogP contribution in [-0.4, -0.2) is 4.98 Å². The molecule has 76 valence electrons. The highest BCUT2D eigenvalue weighted by atomic mass is 19.1. The molecule has 0 spiro atoms. The summed E-state index contributed by atoms with van der Waals surface area (Å²) in [6, 6.07) is 8.07. The number of aryl methyl sites for hydroxylation is 1. The highest BCUT2D eigenvalue weighted by Crippen LogP contribution is 2.23. The first-order valence-electron chi connectivity index (χ1n) is 4.47. The molecule has 0 amide bonds. The van der Waals surface area contributed by atoms with Gasteiger partial charge in [0.1, 0.15) is 0 Å². The lowest BCUT2D eigenvalue weighted by Crippen LogP contribution is -1.92. The third-order valence-electron chi connectivity index (χ3n) is 2.10. The van der Waals surface area contributed by atoms with E-state index in [-0.39, 0.29) is 5.56 Å². The fourth-order valence-corrected chi connectivity index (χ4v) is 1.37. The number of halogens is 2. The van der Waals surface area contributed by atoms with Gasteiger partial charge in [-0.25, -0.2) is 0 Å². The summed E-state index contributed by atoms with van der Waals surface area (Å²) in [5, 5.41) is 0. The van der Waals surface area contributed by atoms with Crippen molar-refractivity contribution in [2.24, 2.45) is 0 Å². The standard InChI is InChI=1S/C12H8F2N/c1-8-3-2-6-15-12(8)10-5-4-9(13)7-11(10)14/h2-4,6-7H,1H3/q-1. The van der Waals surface area contributed by atoms with E-state index in [2.05, 4.69) is 11.1 Å². The summed E-state index contributed by atoms with van der Waals surface area (Å²) in [5.74, 6) is -1.28. The van der Waals surface area contributed by atoms with Crippen LogP contribution in [0.4, 0.5) is 8.78 Å². The molecule has 0 aliphatic rings. The molecule has 0 aliphatic carbocycles. The van der Waals surface area contributed by atoms with Crippen LogP contribution in [0.5, 0.6) is 0 Å². The maximum absolute atomic E-state index is 13.4. The first kappa shape index (κ1) is 9.77. The van der Waals surface area contributed by atoms with Crippen LogP contribution >= 0.6 is 0 Å². The van der Waals surface area contributed by atoms with Gasteiger partial charge >= 0.3 is 0 Å². The minimum atomic E-state index is -0.642. The molecule has 0 bridgehead atoms. The van der Waals surface area contributed by atoms with Gasteiger partial charge in [-0.2, -0.15) is 0 Å². The fraction of sp³-hybridized carbons (Fsp3) is 0.0833. The van der Waals surface area contributed by atoms with Gasteiger partial charge in [-0.3, -0.25) is 8.78 Å². The Morgan fingerprint density at radius 1 is 1.33 bits per heavy atom. The van der Waals surface area contributed by atoms with Crippen LogP contribution in [0.1, 0.15) is 5.56 Å². The van der Waals surface area contributed by atoms with E-state index in [0.29, 0.717) is 5.69 Å². The van der Waals surface area contributed by atoms with Crippen molar-refractivity contribution < 1.29 is 8.78 Å². The molecule has 0 saturated carbocycles. The number of hydrogen-bond donors (Lipinski definition) is 0. The van der Waals surface area contributed by atoms with Gasteiger partial charge in [-0.05, 0) is 18.7 Å². The first-order valence-corrected chi connectivity index (χ1v) is 4.47. The predicted octanol–water partition coefficient (Wildman–Crippen LogP) is 3.14. The van der Waals surface area contributed by atoms with E-state index in [9.17, 15) is 8.78 Å². The number of benzene rings is 1. The number of nitrogens with zero attached hydrogens (tertiary/aromatic N) is 1. The van der Waals surface area contributed by atoms with Gasteiger partial charge in [0.05, 0.1) is 0 Å². The molecule has 2 aromatic rings. The Balaban J connectivity index is 2.60. The number of rotatable bonds is 1. The van der Waals surface area contributed by atoms with E-state index in [0.717, 1.165) is 17.7 Å². The molecule has 1 nitrogen and oxygen atoms in total. The number of aromatic nitrogens is 1. The second kappa shape index (κ2) is 3.77. The second-order valence-electron chi connectivity index (χ2n) is 3.21. The monoisotopic (exact) mass is 204 g/mol. The Hall–Kier alpha value is -1.77. The summed E-state index contributed by atoms with van der Waals surface area (Å²) < 4.78 is 26.1. The average molecular weight is 204 g/mol. The molecule has 1 aromatic heterocycles. The van der Waals surface area contributed by atoms with Crippen molar-refractivity contribution in [3.8, 4) is 11.3 Å². The van der Waals surface area contributed by atoms with Crippen LogP contribution < -0.4 is 0 Å². The molecule has 2 rings (SSSR count). The Morgan fingerprint density at radius 3 is 2.80 bits per heavy atom. The van der Waals surface area contributed by atoms with Gasteiger partial charge in [0, 0.05) is 17.8 Å². The largest absolute Gasteiger partial charge is 0.304 e. The Kier molecular flexibility index (Phi) is 2.46. The quantitative estimate of drug-likeness (QED) is 0.650. The third kappa shape index (κ3) is 1.86. The molecule has 0 aliphatic heterocycles. The van der Waals surface area contributed by atoms with Crippen LogP contribution in [0.3, 0.4) is 0 Å². The molecule has 3 heteroatoms. The normalized spacial score (nSPS) is 10.3. The van der Waals surface area contributed by atoms with Gasteiger partial charge < -0.3 is 4.98 Å². The SMILES string of the molecule is Cc1cccnc1-c1[c-]cc(F)cc1F. The van der Waals surface area contributed by atoms with Crippen molar-refractivity contribution in [2.45, 2.75) is 6.92 Å². The Morgan fingerprint density at radius 2 is 2.13 bits per heavy atom. The van der Waals surface area contributed by atoms with Crippen molar-refractivity contribution in [3.05, 3.63) is 53.7 Å². The van der Waals surface area contributed by atoms with Crippen molar-refractivity contribution in [3.63, 3.8) is 0 Å². The average Bonchev–Trinajstić information content (AvgIpc) is 2.20. The van der Waals surface area contributed by atoms with Crippen LogP contribution in [0.2, 0.25) is 0 Å². The van der Waals surface area contributed by atoms with Crippen LogP contribution in [0, 0.1) is 24.6 Å². The van der Waals surface area contributed by atoms with Gasteiger partial charge in [0.15, 0.2) is 0 Å². The predicted molar refractivity (Wildman–Crippen MR) is 53.2 cm³/mol. The molecule has 0 atom stereocenters. The van der Waals surface area contributed by atoms with Crippen molar-refractivity contribution in [2.75, 3.05) is 0 Å². The van der Waals surface area contributed by atoms with Crippen molar-refractivity contribution in [1.82, 2.24) is 4.98 Å². The summed E-state index contributed by atoms with van der Waals surface area (Å²) in [5.41, 5.74) is 1.53. The van der Waals surface area contributed by atoms with E-state index >= 15 is 0 Å². The molecule has 0 unspecified atom stereocenters. The zero-order valence-electron chi connectivity index (χ0n) is 8.09. The maximum Gasteiger partial charge on any atom is 0.0408 e. The summed E-state index contributed by atoms with van der Waals surface area (Å²) in [6.45, 7) is 1.82. The van der Waals surface area contributed by atoms with E-state index in [4.69, 9.17) is 0 Å². The van der Waals surface area contributed by atoms with Gasteiger partial charge in [0.25, 0.3) is 0 Å². The van der Waals surface area contributed by atoms with Crippen LogP contribution in [-0.2, 0) is 0 Å². The van der Waals surface area contributed by atoms with Crippen molar-refractivity contribution >= 4 is 0 Å². The van der Waals surface area contributed by atoms with E-state index < -0.39 is 11.6 Å². The third-order valence-corrected chi connectivity index (χ3v) is 2.10. The summed E-state index contributed by atoms with van der Waals surface area (Å²) in [4.78, 5) is 4.05. The zero-order chi connectivity index (χ0) is 10.8. The molecule has 0 saturated heterocycles. The second-order valence-corrected chi connectivity index (χ2v) is 3.21. The molecule has 0 N–H and O–H groups in total. The minimum Gasteiger partial charge on any atom is -0.304 e. The lowest BCUT2D eigenvalue weighted by atomic mass is 10.1. The summed E-state index contributed by atoms with van der Waals surface area (Å²) in [6.07, 6.45) is 1.57. The molecular formula is C12H8F2N-. The molecule has 0 radical (unpaired) electrons. The van der Waals surface area contributed by atoms with E-state index in [1.54, 1.807) is 12.3 Å². The van der Waals surface area contributed by atoms with E-state index in [1.807, 2.05) is 13.0 Å². The highest BCUT2D eigenvalue weighted by Gasteiger charge is 2.00. The highest BCUT2D eigenvalue weighted by molar-refractivity contribution is 5.62. The van der Waals surface area contributed by atoms with Gasteiger partial charge in [-0.15, -0.1) is 12.1 Å².